The maximum Gasteiger partial charge on any atom is 0.305 e. The highest BCUT2D eigenvalue weighted by atomic mass is 35.5. The van der Waals surface area contributed by atoms with E-state index in [1.807, 2.05) is 42.7 Å². The summed E-state index contributed by atoms with van der Waals surface area (Å²) in [6.07, 6.45) is 5.34. The maximum atomic E-state index is 11.8. The first-order valence-corrected chi connectivity index (χ1v) is 7.84. The van der Waals surface area contributed by atoms with Crippen LogP contribution >= 0.6 is 0 Å². The van der Waals surface area contributed by atoms with Gasteiger partial charge in [0, 0.05) is 30.9 Å². The summed E-state index contributed by atoms with van der Waals surface area (Å²) in [5, 5.41) is 4.00. The van der Waals surface area contributed by atoms with Gasteiger partial charge in [-0.2, -0.15) is 9.67 Å². The maximum absolute atomic E-state index is 11.8. The van der Waals surface area contributed by atoms with Gasteiger partial charge in [0.1, 0.15) is 0 Å². The summed E-state index contributed by atoms with van der Waals surface area (Å²) in [4.78, 5) is 14.0. The van der Waals surface area contributed by atoms with E-state index in [-0.39, 0.29) is 24.9 Å². The van der Waals surface area contributed by atoms with Gasteiger partial charge in [-0.1, -0.05) is 18.2 Å². The van der Waals surface area contributed by atoms with Crippen molar-refractivity contribution in [1.29, 1.82) is 0 Å². The molecular formula is C18H23ClN4O. The molecule has 0 unspecified atom stereocenters. The molecule has 128 valence electrons. The third-order valence-corrected chi connectivity index (χ3v) is 3.53. The molecule has 1 amide bonds. The van der Waals surface area contributed by atoms with E-state index < -0.39 is 0 Å². The van der Waals surface area contributed by atoms with Gasteiger partial charge in [-0.3, -0.25) is 4.79 Å². The molecule has 1 aromatic heterocycles. The predicted octanol–water partition coefficient (Wildman–Crippen LogP) is -1.03. The first kappa shape index (κ1) is 19.6. The number of anilines is 1. The van der Waals surface area contributed by atoms with Crippen LogP contribution in [0.2, 0.25) is 0 Å². The smallest absolute Gasteiger partial charge is 0.305 e. The number of hydrogen-bond acceptors (Lipinski definition) is 3. The Morgan fingerprint density at radius 3 is 2.33 bits per heavy atom. The monoisotopic (exact) mass is 346 g/mol. The highest BCUT2D eigenvalue weighted by Crippen LogP contribution is 2.13. The molecule has 2 rings (SSSR count). The SMILES string of the molecule is CCN(CC)c1ccc(/C=N/NC(=O)C[n+]2ccccc2)cc1.[Cl-]. The van der Waals surface area contributed by atoms with Crippen LogP contribution in [0.4, 0.5) is 5.69 Å². The van der Waals surface area contributed by atoms with Crippen molar-refractivity contribution in [3.63, 3.8) is 0 Å². The normalized spacial score (nSPS) is 10.2. The van der Waals surface area contributed by atoms with Crippen LogP contribution in [0.25, 0.3) is 0 Å². The van der Waals surface area contributed by atoms with Gasteiger partial charge in [-0.05, 0) is 31.5 Å². The molecule has 1 N–H and O–H groups in total. The average molecular weight is 347 g/mol. The second-order valence-corrected chi connectivity index (χ2v) is 5.10. The number of rotatable bonds is 7. The molecule has 5 nitrogen and oxygen atoms in total. The van der Waals surface area contributed by atoms with E-state index in [0.717, 1.165) is 18.7 Å². The summed E-state index contributed by atoms with van der Waals surface area (Å²) < 4.78 is 1.80. The number of hydrogen-bond donors (Lipinski definition) is 1. The van der Waals surface area contributed by atoms with Gasteiger partial charge in [0.05, 0.1) is 6.21 Å². The van der Waals surface area contributed by atoms with E-state index in [9.17, 15) is 4.79 Å². The van der Waals surface area contributed by atoms with E-state index in [0.29, 0.717) is 0 Å². The second-order valence-electron chi connectivity index (χ2n) is 5.10. The summed E-state index contributed by atoms with van der Waals surface area (Å²) in [5.41, 5.74) is 4.68. The summed E-state index contributed by atoms with van der Waals surface area (Å²) in [6, 6.07) is 13.8. The molecule has 0 saturated carbocycles. The Hall–Kier alpha value is -2.40. The average Bonchev–Trinajstić information content (AvgIpc) is 2.58. The Labute approximate surface area is 149 Å². The zero-order valence-corrected chi connectivity index (χ0v) is 14.8. The third-order valence-electron chi connectivity index (χ3n) is 3.53. The number of halogens is 1. The summed E-state index contributed by atoms with van der Waals surface area (Å²) in [6.45, 7) is 6.49. The number of benzene rings is 1. The molecule has 24 heavy (non-hydrogen) atoms. The molecule has 0 aliphatic carbocycles. The number of nitrogens with one attached hydrogen (secondary N) is 1. The van der Waals surface area contributed by atoms with Gasteiger partial charge < -0.3 is 17.3 Å². The molecule has 0 bridgehead atoms. The Morgan fingerprint density at radius 1 is 1.12 bits per heavy atom. The zero-order valence-electron chi connectivity index (χ0n) is 14.0. The lowest BCUT2D eigenvalue weighted by Crippen LogP contribution is -3.00. The number of amides is 1. The summed E-state index contributed by atoms with van der Waals surface area (Å²) in [7, 11) is 0. The number of hydrazone groups is 1. The van der Waals surface area contributed by atoms with Crippen molar-refractivity contribution in [2.45, 2.75) is 20.4 Å². The van der Waals surface area contributed by atoms with E-state index in [1.165, 1.54) is 5.69 Å². The van der Waals surface area contributed by atoms with Gasteiger partial charge in [0.25, 0.3) is 0 Å². The van der Waals surface area contributed by atoms with E-state index in [1.54, 1.807) is 10.8 Å². The Kier molecular flexibility index (Phi) is 8.50. The quantitative estimate of drug-likeness (QED) is 0.396. The number of pyridine rings is 1. The van der Waals surface area contributed by atoms with Crippen LogP contribution in [0.3, 0.4) is 0 Å². The van der Waals surface area contributed by atoms with E-state index >= 15 is 0 Å². The van der Waals surface area contributed by atoms with Crippen molar-refractivity contribution >= 4 is 17.8 Å². The topological polar surface area (TPSA) is 48.6 Å². The fraction of sp³-hybridized carbons (Fsp3) is 0.278. The first-order chi connectivity index (χ1) is 11.2. The summed E-state index contributed by atoms with van der Waals surface area (Å²) in [5.74, 6) is -0.155. The van der Waals surface area contributed by atoms with Crippen molar-refractivity contribution in [3.8, 4) is 0 Å². The lowest BCUT2D eigenvalue weighted by molar-refractivity contribution is -0.684. The minimum absolute atomic E-state index is 0. The van der Waals surface area contributed by atoms with Gasteiger partial charge in [0.15, 0.2) is 12.4 Å². The molecule has 0 fully saturated rings. The van der Waals surface area contributed by atoms with E-state index in [2.05, 4.69) is 41.4 Å². The van der Waals surface area contributed by atoms with Crippen LogP contribution in [0.5, 0.6) is 0 Å². The van der Waals surface area contributed by atoms with Gasteiger partial charge in [-0.25, -0.2) is 5.43 Å². The zero-order chi connectivity index (χ0) is 16.5. The minimum Gasteiger partial charge on any atom is -1.00 e. The van der Waals surface area contributed by atoms with Gasteiger partial charge >= 0.3 is 5.91 Å². The Balaban J connectivity index is 0.00000288. The van der Waals surface area contributed by atoms with Crippen molar-refractivity contribution < 1.29 is 21.8 Å². The standard InChI is InChI=1S/C18H22N4O.ClH/c1-3-22(4-2)17-10-8-16(9-11-17)14-19-20-18(23)15-21-12-6-5-7-13-21;/h5-14H,3-4,15H2,1-2H3;1H/b19-14+;. The highest BCUT2D eigenvalue weighted by Gasteiger charge is 2.06. The van der Waals surface area contributed by atoms with Crippen molar-refractivity contribution in [2.24, 2.45) is 5.10 Å². The molecule has 0 radical (unpaired) electrons. The van der Waals surface area contributed by atoms with Gasteiger partial charge in [0.2, 0.25) is 6.54 Å². The molecule has 0 aliphatic heterocycles. The molecule has 0 spiro atoms. The lowest BCUT2D eigenvalue weighted by Gasteiger charge is -2.20. The molecule has 0 atom stereocenters. The third kappa shape index (κ3) is 6.01. The molecule has 6 heteroatoms. The number of nitrogens with zero attached hydrogens (tertiary/aromatic N) is 3. The first-order valence-electron chi connectivity index (χ1n) is 7.84. The van der Waals surface area contributed by atoms with Crippen LogP contribution in [0.1, 0.15) is 19.4 Å². The fourth-order valence-electron chi connectivity index (χ4n) is 2.28. The summed E-state index contributed by atoms with van der Waals surface area (Å²) >= 11 is 0. The molecule has 0 aliphatic rings. The molecular weight excluding hydrogens is 324 g/mol. The van der Waals surface area contributed by atoms with E-state index in [4.69, 9.17) is 0 Å². The molecule has 0 saturated heterocycles. The van der Waals surface area contributed by atoms with Crippen LogP contribution < -0.4 is 27.3 Å². The molecule has 1 heterocycles. The van der Waals surface area contributed by atoms with Gasteiger partial charge in [-0.15, -0.1) is 0 Å². The van der Waals surface area contributed by atoms with Crippen molar-refractivity contribution in [2.75, 3.05) is 18.0 Å². The number of carbonyl (C=O) groups is 1. The highest BCUT2D eigenvalue weighted by molar-refractivity contribution is 5.82. The fourth-order valence-corrected chi connectivity index (χ4v) is 2.28. The Morgan fingerprint density at radius 2 is 1.75 bits per heavy atom. The van der Waals surface area contributed by atoms with Crippen molar-refractivity contribution in [3.05, 3.63) is 60.4 Å². The van der Waals surface area contributed by atoms with Crippen LogP contribution in [-0.4, -0.2) is 25.2 Å². The number of aromatic nitrogens is 1. The van der Waals surface area contributed by atoms with Crippen LogP contribution in [0, 0.1) is 0 Å². The Bertz CT molecular complexity index is 640. The minimum atomic E-state index is -0.155. The number of carbonyl (C=O) groups excluding carboxylic acids is 1. The van der Waals surface area contributed by atoms with Crippen LogP contribution in [0.15, 0.2) is 60.0 Å². The predicted molar refractivity (Wildman–Crippen MR) is 92.4 cm³/mol. The lowest BCUT2D eigenvalue weighted by atomic mass is 10.2. The molecule has 2 aromatic rings. The van der Waals surface area contributed by atoms with Crippen LogP contribution in [-0.2, 0) is 11.3 Å². The molecule has 1 aromatic carbocycles. The van der Waals surface area contributed by atoms with Crippen molar-refractivity contribution in [1.82, 2.24) is 5.43 Å². The second kappa shape index (κ2) is 10.4. The largest absolute Gasteiger partial charge is 1.00 e.